The van der Waals surface area contributed by atoms with E-state index in [2.05, 4.69) is 24.0 Å². The normalized spacial score (nSPS) is 17.4. The Morgan fingerprint density at radius 2 is 2.28 bits per heavy atom. The van der Waals surface area contributed by atoms with Crippen LogP contribution in [0.4, 0.5) is 0 Å². The van der Waals surface area contributed by atoms with Crippen LogP contribution in [0.15, 0.2) is 24.3 Å². The van der Waals surface area contributed by atoms with Crippen molar-refractivity contribution in [1.82, 2.24) is 4.90 Å². The minimum atomic E-state index is 0.414. The summed E-state index contributed by atoms with van der Waals surface area (Å²) < 4.78 is 5.77. The molecule has 1 aliphatic heterocycles. The lowest BCUT2D eigenvalue weighted by molar-refractivity contribution is 0.168. The number of para-hydroxylation sites is 1. The molecule has 0 saturated carbocycles. The molecule has 0 saturated heterocycles. The minimum absolute atomic E-state index is 0.414. The molecule has 1 aliphatic rings. The summed E-state index contributed by atoms with van der Waals surface area (Å²) in [5.74, 6) is 1.00. The van der Waals surface area contributed by atoms with Gasteiger partial charge >= 0.3 is 0 Å². The second-order valence-corrected chi connectivity index (χ2v) is 5.18. The van der Waals surface area contributed by atoms with E-state index in [0.717, 1.165) is 38.3 Å². The Balaban J connectivity index is 2.13. The van der Waals surface area contributed by atoms with E-state index in [4.69, 9.17) is 22.7 Å². The van der Waals surface area contributed by atoms with E-state index >= 15 is 0 Å². The van der Waals surface area contributed by atoms with Gasteiger partial charge in [-0.3, -0.25) is 4.90 Å². The van der Waals surface area contributed by atoms with Crippen molar-refractivity contribution in [3.05, 3.63) is 29.8 Å². The fourth-order valence-corrected chi connectivity index (χ4v) is 2.61. The van der Waals surface area contributed by atoms with Crippen LogP contribution in [-0.2, 0) is 6.54 Å². The first kappa shape index (κ1) is 13.3. The fraction of sp³-hybridized carbons (Fsp3) is 0.500. The zero-order valence-corrected chi connectivity index (χ0v) is 11.6. The number of thiocarbonyl (C=S) groups is 1. The summed E-state index contributed by atoms with van der Waals surface area (Å²) in [7, 11) is 0. The summed E-state index contributed by atoms with van der Waals surface area (Å²) in [6.45, 7) is 4.75. The molecule has 1 aromatic carbocycles. The Morgan fingerprint density at radius 1 is 1.50 bits per heavy atom. The largest absolute Gasteiger partial charge is 0.492 e. The molecule has 2 rings (SSSR count). The number of benzene rings is 1. The second-order valence-electron chi connectivity index (χ2n) is 4.66. The summed E-state index contributed by atoms with van der Waals surface area (Å²) in [4.78, 5) is 3.02. The molecule has 1 atom stereocenters. The number of nitrogens with two attached hydrogens (primary N) is 1. The molecule has 3 nitrogen and oxygen atoms in total. The van der Waals surface area contributed by atoms with Gasteiger partial charge in [0.15, 0.2) is 0 Å². The molecule has 1 aromatic rings. The highest BCUT2D eigenvalue weighted by Crippen LogP contribution is 2.24. The maximum atomic E-state index is 5.77. The van der Waals surface area contributed by atoms with E-state index in [0.29, 0.717) is 11.0 Å². The second kappa shape index (κ2) is 6.16. The third-order valence-electron chi connectivity index (χ3n) is 3.41. The van der Waals surface area contributed by atoms with Gasteiger partial charge in [0.05, 0.1) is 4.99 Å². The Hall–Kier alpha value is -1.13. The Kier molecular flexibility index (Phi) is 4.55. The molecule has 1 unspecified atom stereocenters. The van der Waals surface area contributed by atoms with Crippen molar-refractivity contribution in [2.45, 2.75) is 32.4 Å². The van der Waals surface area contributed by atoms with Crippen molar-refractivity contribution >= 4 is 17.2 Å². The summed E-state index contributed by atoms with van der Waals surface area (Å²) in [5, 5.41) is 0. The predicted octanol–water partition coefficient (Wildman–Crippen LogP) is 2.34. The smallest absolute Gasteiger partial charge is 0.123 e. The first-order valence-electron chi connectivity index (χ1n) is 6.43. The molecular formula is C14H20N2OS. The van der Waals surface area contributed by atoms with Crippen molar-refractivity contribution in [3.63, 3.8) is 0 Å². The Bertz CT molecular complexity index is 422. The molecule has 0 spiro atoms. The van der Waals surface area contributed by atoms with Gasteiger partial charge in [-0.2, -0.15) is 0 Å². The van der Waals surface area contributed by atoms with Crippen molar-refractivity contribution in [1.29, 1.82) is 0 Å². The van der Waals surface area contributed by atoms with E-state index in [1.54, 1.807) is 0 Å². The Morgan fingerprint density at radius 3 is 3.00 bits per heavy atom. The van der Waals surface area contributed by atoms with Gasteiger partial charge in [-0.1, -0.05) is 37.3 Å². The van der Waals surface area contributed by atoms with Crippen LogP contribution in [0, 0.1) is 0 Å². The van der Waals surface area contributed by atoms with Gasteiger partial charge in [-0.25, -0.2) is 0 Å². The highest BCUT2D eigenvalue weighted by atomic mass is 32.1. The van der Waals surface area contributed by atoms with Crippen LogP contribution in [0.5, 0.6) is 5.75 Å². The summed E-state index contributed by atoms with van der Waals surface area (Å²) in [5.41, 5.74) is 6.93. The number of nitrogens with zero attached hydrogens (tertiary/aromatic N) is 1. The van der Waals surface area contributed by atoms with Crippen LogP contribution in [0.3, 0.4) is 0 Å². The summed E-state index contributed by atoms with van der Waals surface area (Å²) in [6.07, 6.45) is 1.84. The van der Waals surface area contributed by atoms with Gasteiger partial charge in [0.25, 0.3) is 0 Å². The average Bonchev–Trinajstić information content (AvgIpc) is 2.57. The molecule has 0 amide bonds. The number of fused-ring (bicyclic) bond motifs is 1. The van der Waals surface area contributed by atoms with Crippen molar-refractivity contribution in [2.24, 2.45) is 5.73 Å². The van der Waals surface area contributed by atoms with Crippen LogP contribution >= 0.6 is 12.2 Å². The van der Waals surface area contributed by atoms with E-state index in [1.807, 2.05) is 12.1 Å². The number of hydrogen-bond acceptors (Lipinski definition) is 3. The van der Waals surface area contributed by atoms with Crippen molar-refractivity contribution in [3.8, 4) is 5.75 Å². The van der Waals surface area contributed by atoms with E-state index in [-0.39, 0.29) is 0 Å². The van der Waals surface area contributed by atoms with Crippen LogP contribution in [0.2, 0.25) is 0 Å². The lowest BCUT2D eigenvalue weighted by Gasteiger charge is -2.29. The van der Waals surface area contributed by atoms with E-state index in [1.165, 1.54) is 5.56 Å². The van der Waals surface area contributed by atoms with Gasteiger partial charge in [0.1, 0.15) is 12.4 Å². The predicted molar refractivity (Wildman–Crippen MR) is 77.8 cm³/mol. The van der Waals surface area contributed by atoms with Crippen LogP contribution in [0.25, 0.3) is 0 Å². The molecule has 0 aliphatic carbocycles. The molecule has 98 valence electrons. The first-order valence-corrected chi connectivity index (χ1v) is 6.84. The van der Waals surface area contributed by atoms with Crippen LogP contribution < -0.4 is 10.5 Å². The first-order chi connectivity index (χ1) is 8.70. The third-order valence-corrected chi connectivity index (χ3v) is 3.57. The monoisotopic (exact) mass is 264 g/mol. The maximum absolute atomic E-state index is 5.77. The van der Waals surface area contributed by atoms with Gasteiger partial charge < -0.3 is 10.5 Å². The SMILES string of the molecule is CCC(CC(N)=S)N1CCOc2ccccc2C1. The minimum Gasteiger partial charge on any atom is -0.492 e. The van der Waals surface area contributed by atoms with Gasteiger partial charge in [-0.05, 0) is 12.5 Å². The zero-order chi connectivity index (χ0) is 13.0. The van der Waals surface area contributed by atoms with E-state index < -0.39 is 0 Å². The Labute approximate surface area is 114 Å². The van der Waals surface area contributed by atoms with Crippen molar-refractivity contribution in [2.75, 3.05) is 13.2 Å². The van der Waals surface area contributed by atoms with E-state index in [9.17, 15) is 0 Å². The molecule has 0 radical (unpaired) electrons. The fourth-order valence-electron chi connectivity index (χ4n) is 2.42. The molecule has 18 heavy (non-hydrogen) atoms. The summed E-state index contributed by atoms with van der Waals surface area (Å²) in [6, 6.07) is 8.65. The maximum Gasteiger partial charge on any atom is 0.123 e. The molecular weight excluding hydrogens is 244 g/mol. The number of rotatable bonds is 4. The van der Waals surface area contributed by atoms with Crippen LogP contribution in [-0.4, -0.2) is 29.1 Å². The summed E-state index contributed by atoms with van der Waals surface area (Å²) >= 11 is 5.04. The molecule has 0 bridgehead atoms. The topological polar surface area (TPSA) is 38.5 Å². The standard InChI is InChI=1S/C14H20N2OS/c1-2-12(9-14(15)18)16-7-8-17-13-6-4-3-5-11(13)10-16/h3-6,12H,2,7-10H2,1H3,(H2,15,18). The zero-order valence-electron chi connectivity index (χ0n) is 10.8. The number of ether oxygens (including phenoxy) is 1. The highest BCUT2D eigenvalue weighted by Gasteiger charge is 2.21. The third kappa shape index (κ3) is 3.21. The number of hydrogen-bond donors (Lipinski definition) is 1. The van der Waals surface area contributed by atoms with Crippen molar-refractivity contribution < 1.29 is 4.74 Å². The van der Waals surface area contributed by atoms with Gasteiger partial charge in [0.2, 0.25) is 0 Å². The van der Waals surface area contributed by atoms with Gasteiger partial charge in [-0.15, -0.1) is 0 Å². The average molecular weight is 264 g/mol. The van der Waals surface area contributed by atoms with Gasteiger partial charge in [0, 0.05) is 31.1 Å². The molecule has 0 aromatic heterocycles. The lowest BCUT2D eigenvalue weighted by atomic mass is 10.1. The quantitative estimate of drug-likeness (QED) is 0.847. The lowest BCUT2D eigenvalue weighted by Crippen LogP contribution is -2.38. The molecule has 2 N–H and O–H groups in total. The molecule has 1 heterocycles. The molecule has 4 heteroatoms. The molecule has 0 fully saturated rings. The highest BCUT2D eigenvalue weighted by molar-refractivity contribution is 7.80. The van der Waals surface area contributed by atoms with Crippen LogP contribution in [0.1, 0.15) is 25.3 Å².